The Kier molecular flexibility index (Phi) is 7.55. The Balaban J connectivity index is 2.27. The first-order valence-electron chi connectivity index (χ1n) is 7.23. The number of para-hydroxylation sites is 1. The number of benzene rings is 1. The summed E-state index contributed by atoms with van der Waals surface area (Å²) >= 11 is 0. The lowest BCUT2D eigenvalue weighted by Gasteiger charge is -2.22. The van der Waals surface area contributed by atoms with Crippen molar-refractivity contribution in [2.75, 3.05) is 33.8 Å². The van der Waals surface area contributed by atoms with E-state index in [2.05, 4.69) is 29.1 Å². The number of guanidine groups is 1. The fraction of sp³-hybridized carbons (Fsp3) is 0.562. The maximum atomic E-state index is 5.69. The number of ether oxygens (including phenoxy) is 1. The van der Waals surface area contributed by atoms with E-state index < -0.39 is 0 Å². The van der Waals surface area contributed by atoms with Gasteiger partial charge in [0, 0.05) is 20.6 Å². The fourth-order valence-electron chi connectivity index (χ4n) is 1.78. The molecule has 4 heteroatoms. The van der Waals surface area contributed by atoms with Gasteiger partial charge in [-0.2, -0.15) is 0 Å². The van der Waals surface area contributed by atoms with Crippen LogP contribution in [0.25, 0.3) is 0 Å². The summed E-state index contributed by atoms with van der Waals surface area (Å²) in [5, 5.41) is 3.37. The lowest BCUT2D eigenvalue weighted by atomic mass is 10.1. The van der Waals surface area contributed by atoms with Crippen molar-refractivity contribution in [1.29, 1.82) is 0 Å². The highest BCUT2D eigenvalue weighted by molar-refractivity contribution is 5.79. The van der Waals surface area contributed by atoms with E-state index in [0.717, 1.165) is 31.2 Å². The third kappa shape index (κ3) is 6.45. The first kappa shape index (κ1) is 16.3. The average molecular weight is 277 g/mol. The highest BCUT2D eigenvalue weighted by atomic mass is 16.5. The molecule has 0 amide bonds. The molecule has 0 aliphatic carbocycles. The first-order valence-corrected chi connectivity index (χ1v) is 7.23. The Morgan fingerprint density at radius 1 is 1.30 bits per heavy atom. The van der Waals surface area contributed by atoms with Crippen molar-refractivity contribution in [3.05, 3.63) is 30.3 Å². The summed E-state index contributed by atoms with van der Waals surface area (Å²) in [5.74, 6) is 2.53. The predicted octanol–water partition coefficient (Wildman–Crippen LogP) is 2.62. The second kappa shape index (κ2) is 9.23. The first-order chi connectivity index (χ1) is 9.63. The molecule has 0 aromatic heterocycles. The zero-order chi connectivity index (χ0) is 14.8. The second-order valence-electron chi connectivity index (χ2n) is 5.24. The third-order valence-electron chi connectivity index (χ3n) is 3.02. The van der Waals surface area contributed by atoms with Gasteiger partial charge in [-0.15, -0.1) is 0 Å². The van der Waals surface area contributed by atoms with Gasteiger partial charge in [0.05, 0.1) is 6.54 Å². The summed E-state index contributed by atoms with van der Waals surface area (Å²) < 4.78 is 5.69. The molecule has 4 nitrogen and oxygen atoms in total. The van der Waals surface area contributed by atoms with Crippen molar-refractivity contribution >= 4 is 5.96 Å². The van der Waals surface area contributed by atoms with Crippen LogP contribution >= 0.6 is 0 Å². The highest BCUT2D eigenvalue weighted by Gasteiger charge is 2.05. The van der Waals surface area contributed by atoms with Crippen LogP contribution in [0.1, 0.15) is 20.3 Å². The van der Waals surface area contributed by atoms with Crippen LogP contribution in [-0.4, -0.2) is 44.7 Å². The molecule has 1 aromatic rings. The smallest absolute Gasteiger partial charge is 0.193 e. The number of nitrogens with one attached hydrogen (secondary N) is 1. The number of hydrogen-bond acceptors (Lipinski definition) is 2. The van der Waals surface area contributed by atoms with Gasteiger partial charge in [0.15, 0.2) is 5.96 Å². The Labute approximate surface area is 122 Å². The number of nitrogens with zero attached hydrogens (tertiary/aromatic N) is 2. The van der Waals surface area contributed by atoms with Gasteiger partial charge in [-0.05, 0) is 24.5 Å². The van der Waals surface area contributed by atoms with E-state index in [1.807, 2.05) is 44.4 Å². The van der Waals surface area contributed by atoms with E-state index in [0.29, 0.717) is 12.5 Å². The zero-order valence-corrected chi connectivity index (χ0v) is 13.1. The molecule has 1 rings (SSSR count). The molecule has 0 bridgehead atoms. The lowest BCUT2D eigenvalue weighted by molar-refractivity contribution is 0.281. The van der Waals surface area contributed by atoms with Gasteiger partial charge in [-0.1, -0.05) is 32.0 Å². The van der Waals surface area contributed by atoms with Gasteiger partial charge in [0.1, 0.15) is 12.4 Å². The van der Waals surface area contributed by atoms with Crippen molar-refractivity contribution in [3.8, 4) is 5.75 Å². The van der Waals surface area contributed by atoms with E-state index >= 15 is 0 Å². The van der Waals surface area contributed by atoms with Crippen molar-refractivity contribution in [2.24, 2.45) is 10.9 Å². The van der Waals surface area contributed by atoms with Gasteiger partial charge in [-0.25, -0.2) is 0 Å². The van der Waals surface area contributed by atoms with Gasteiger partial charge in [-0.3, -0.25) is 4.99 Å². The SMILES string of the molecule is CN=C(NCCC(C)C)N(C)CCOc1ccccc1. The molecule has 1 N–H and O–H groups in total. The van der Waals surface area contributed by atoms with Crippen LogP contribution in [0, 0.1) is 5.92 Å². The summed E-state index contributed by atoms with van der Waals surface area (Å²) in [5.41, 5.74) is 0. The average Bonchev–Trinajstić information content (AvgIpc) is 2.44. The van der Waals surface area contributed by atoms with Crippen LogP contribution in [0.4, 0.5) is 0 Å². The van der Waals surface area contributed by atoms with Gasteiger partial charge in [0.2, 0.25) is 0 Å². The molecular formula is C16H27N3O. The van der Waals surface area contributed by atoms with Gasteiger partial charge in [0.25, 0.3) is 0 Å². The van der Waals surface area contributed by atoms with Crippen LogP contribution in [0.5, 0.6) is 5.75 Å². The molecular weight excluding hydrogens is 250 g/mol. The van der Waals surface area contributed by atoms with Crippen LogP contribution < -0.4 is 10.1 Å². The van der Waals surface area contributed by atoms with Crippen LogP contribution in [-0.2, 0) is 0 Å². The zero-order valence-electron chi connectivity index (χ0n) is 13.1. The van der Waals surface area contributed by atoms with Crippen molar-refractivity contribution in [1.82, 2.24) is 10.2 Å². The normalized spacial score (nSPS) is 11.6. The molecule has 112 valence electrons. The predicted molar refractivity (Wildman–Crippen MR) is 85.4 cm³/mol. The second-order valence-corrected chi connectivity index (χ2v) is 5.24. The van der Waals surface area contributed by atoms with Crippen LogP contribution in [0.3, 0.4) is 0 Å². The number of hydrogen-bond donors (Lipinski definition) is 1. The summed E-state index contributed by atoms with van der Waals surface area (Å²) in [6, 6.07) is 9.88. The maximum Gasteiger partial charge on any atom is 0.193 e. The molecule has 0 unspecified atom stereocenters. The van der Waals surface area contributed by atoms with Gasteiger partial charge >= 0.3 is 0 Å². The molecule has 0 radical (unpaired) electrons. The fourth-order valence-corrected chi connectivity index (χ4v) is 1.78. The topological polar surface area (TPSA) is 36.9 Å². The van der Waals surface area contributed by atoms with E-state index in [4.69, 9.17) is 4.74 Å². The van der Waals surface area contributed by atoms with Crippen LogP contribution in [0.2, 0.25) is 0 Å². The van der Waals surface area contributed by atoms with Crippen molar-refractivity contribution in [2.45, 2.75) is 20.3 Å². The minimum Gasteiger partial charge on any atom is -0.492 e. The third-order valence-corrected chi connectivity index (χ3v) is 3.02. The Morgan fingerprint density at radius 3 is 2.60 bits per heavy atom. The Bertz CT molecular complexity index is 390. The van der Waals surface area contributed by atoms with E-state index in [9.17, 15) is 0 Å². The van der Waals surface area contributed by atoms with E-state index in [1.54, 1.807) is 0 Å². The Morgan fingerprint density at radius 2 is 2.00 bits per heavy atom. The minimum absolute atomic E-state index is 0.644. The number of aliphatic imine (C=N–C) groups is 1. The highest BCUT2D eigenvalue weighted by Crippen LogP contribution is 2.07. The van der Waals surface area contributed by atoms with Gasteiger partial charge < -0.3 is 15.0 Å². The molecule has 0 saturated heterocycles. The minimum atomic E-state index is 0.644. The van der Waals surface area contributed by atoms with Crippen molar-refractivity contribution in [3.63, 3.8) is 0 Å². The molecule has 20 heavy (non-hydrogen) atoms. The monoisotopic (exact) mass is 277 g/mol. The molecule has 0 aliphatic heterocycles. The molecule has 1 aromatic carbocycles. The molecule has 0 heterocycles. The lowest BCUT2D eigenvalue weighted by Crippen LogP contribution is -2.41. The van der Waals surface area contributed by atoms with E-state index in [1.165, 1.54) is 0 Å². The van der Waals surface area contributed by atoms with Crippen LogP contribution in [0.15, 0.2) is 35.3 Å². The van der Waals surface area contributed by atoms with Crippen molar-refractivity contribution < 1.29 is 4.74 Å². The largest absolute Gasteiger partial charge is 0.492 e. The summed E-state index contributed by atoms with van der Waals surface area (Å²) in [6.07, 6.45) is 1.15. The number of rotatable bonds is 7. The summed E-state index contributed by atoms with van der Waals surface area (Å²) in [7, 11) is 3.84. The molecule has 0 atom stereocenters. The summed E-state index contributed by atoms with van der Waals surface area (Å²) in [6.45, 7) is 6.85. The number of likely N-dealkylation sites (N-methyl/N-ethyl adjacent to an activating group) is 1. The Hall–Kier alpha value is -1.71. The molecule has 0 aliphatic rings. The standard InChI is InChI=1S/C16H27N3O/c1-14(2)10-11-18-16(17-3)19(4)12-13-20-15-8-6-5-7-9-15/h5-9,14H,10-13H2,1-4H3,(H,17,18). The molecule has 0 spiro atoms. The van der Waals surface area contributed by atoms with E-state index in [-0.39, 0.29) is 0 Å². The molecule has 0 saturated carbocycles. The summed E-state index contributed by atoms with van der Waals surface area (Å²) in [4.78, 5) is 6.37. The maximum absolute atomic E-state index is 5.69. The molecule has 0 fully saturated rings. The quantitative estimate of drug-likeness (QED) is 0.615.